The lowest BCUT2D eigenvalue weighted by molar-refractivity contribution is -0.0901. The van der Waals surface area contributed by atoms with E-state index in [0.717, 1.165) is 26.2 Å². The number of ether oxygens (including phenoxy) is 3. The molecule has 2 saturated heterocycles. The Morgan fingerprint density at radius 1 is 1.43 bits per heavy atom. The molecule has 2 aliphatic rings. The van der Waals surface area contributed by atoms with Crippen LogP contribution in [-0.2, 0) is 14.2 Å². The lowest BCUT2D eigenvalue weighted by atomic mass is 9.81. The molecule has 0 aromatic carbocycles. The van der Waals surface area contributed by atoms with Crippen LogP contribution < -0.4 is 5.32 Å². The second-order valence-electron chi connectivity index (χ2n) is 6.22. The second-order valence-corrected chi connectivity index (χ2v) is 7.32. The molecule has 2 heterocycles. The van der Waals surface area contributed by atoms with Crippen LogP contribution >= 0.6 is 11.8 Å². The zero-order valence-electron chi connectivity index (χ0n) is 13.6. The van der Waals surface area contributed by atoms with Gasteiger partial charge in [-0.3, -0.25) is 0 Å². The van der Waals surface area contributed by atoms with E-state index in [2.05, 4.69) is 12.2 Å². The molecule has 0 aliphatic carbocycles. The molecule has 0 radical (unpaired) electrons. The number of nitrogens with one attached hydrogen (secondary N) is 1. The highest BCUT2D eigenvalue weighted by atomic mass is 32.2. The highest BCUT2D eigenvalue weighted by molar-refractivity contribution is 7.99. The molecule has 1 spiro atoms. The fourth-order valence-electron chi connectivity index (χ4n) is 3.32. The number of hydrogen-bond acceptors (Lipinski definition) is 5. The van der Waals surface area contributed by atoms with E-state index in [1.54, 1.807) is 7.11 Å². The first kappa shape index (κ1) is 17.5. The topological polar surface area (TPSA) is 39.7 Å². The zero-order chi connectivity index (χ0) is 15.0. The number of rotatable bonds is 9. The predicted molar refractivity (Wildman–Crippen MR) is 88.1 cm³/mol. The molecule has 3 unspecified atom stereocenters. The van der Waals surface area contributed by atoms with Gasteiger partial charge in [0.1, 0.15) is 0 Å². The molecular weight excluding hydrogens is 286 g/mol. The molecule has 1 N–H and O–H groups in total. The van der Waals surface area contributed by atoms with Crippen molar-refractivity contribution >= 4 is 11.8 Å². The Labute approximate surface area is 133 Å². The van der Waals surface area contributed by atoms with Crippen molar-refractivity contribution in [2.75, 3.05) is 51.6 Å². The predicted octanol–water partition coefficient (Wildman–Crippen LogP) is 2.32. The summed E-state index contributed by atoms with van der Waals surface area (Å²) in [6, 6.07) is 0.452. The van der Waals surface area contributed by atoms with Crippen LogP contribution in [0, 0.1) is 5.92 Å². The van der Waals surface area contributed by atoms with E-state index in [9.17, 15) is 0 Å². The fourth-order valence-corrected chi connectivity index (χ4v) is 4.69. The Hall–Kier alpha value is 0.190. The summed E-state index contributed by atoms with van der Waals surface area (Å²) in [4.78, 5) is 0. The number of methoxy groups -OCH3 is 1. The first-order valence-corrected chi connectivity index (χ1v) is 9.47. The number of hydrogen-bond donors (Lipinski definition) is 1. The highest BCUT2D eigenvalue weighted by Gasteiger charge is 2.42. The molecule has 4 nitrogen and oxygen atoms in total. The van der Waals surface area contributed by atoms with E-state index in [-0.39, 0.29) is 5.60 Å². The zero-order valence-corrected chi connectivity index (χ0v) is 14.4. The first-order valence-electron chi connectivity index (χ1n) is 8.31. The van der Waals surface area contributed by atoms with Gasteiger partial charge in [0.25, 0.3) is 0 Å². The summed E-state index contributed by atoms with van der Waals surface area (Å²) in [6.45, 7) is 6.34. The van der Waals surface area contributed by atoms with Crippen LogP contribution in [-0.4, -0.2) is 63.2 Å². The molecule has 124 valence electrons. The summed E-state index contributed by atoms with van der Waals surface area (Å²) >= 11 is 2.04. The van der Waals surface area contributed by atoms with Crippen LogP contribution in [0.25, 0.3) is 0 Å². The summed E-state index contributed by atoms with van der Waals surface area (Å²) in [7, 11) is 1.72. The van der Waals surface area contributed by atoms with Crippen molar-refractivity contribution in [1.82, 2.24) is 5.32 Å². The number of thioether (sulfide) groups is 1. The Morgan fingerprint density at radius 2 is 2.33 bits per heavy atom. The molecule has 2 rings (SSSR count). The summed E-state index contributed by atoms with van der Waals surface area (Å²) in [5.41, 5.74) is 0.159. The van der Waals surface area contributed by atoms with Crippen molar-refractivity contribution in [1.29, 1.82) is 0 Å². The summed E-state index contributed by atoms with van der Waals surface area (Å²) < 4.78 is 17.0. The van der Waals surface area contributed by atoms with Gasteiger partial charge in [-0.1, -0.05) is 6.92 Å². The minimum Gasteiger partial charge on any atom is -0.382 e. The van der Waals surface area contributed by atoms with Crippen molar-refractivity contribution in [3.8, 4) is 0 Å². The van der Waals surface area contributed by atoms with Crippen molar-refractivity contribution in [2.45, 2.75) is 44.2 Å². The molecule has 5 heteroatoms. The molecule has 3 atom stereocenters. The normalized spacial score (nSPS) is 30.9. The molecule has 0 aromatic heterocycles. The smallest absolute Gasteiger partial charge is 0.0783 e. The van der Waals surface area contributed by atoms with Gasteiger partial charge in [0, 0.05) is 25.5 Å². The van der Waals surface area contributed by atoms with Gasteiger partial charge in [-0.05, 0) is 43.9 Å². The molecular formula is C16H31NO3S. The van der Waals surface area contributed by atoms with Crippen LogP contribution in [0.1, 0.15) is 32.6 Å². The third-order valence-corrected chi connectivity index (χ3v) is 5.78. The molecule has 0 saturated carbocycles. The van der Waals surface area contributed by atoms with Crippen LogP contribution in [0.4, 0.5) is 0 Å². The average molecular weight is 317 g/mol. The maximum absolute atomic E-state index is 6.14. The summed E-state index contributed by atoms with van der Waals surface area (Å²) in [5.74, 6) is 3.10. The van der Waals surface area contributed by atoms with E-state index in [1.165, 1.54) is 30.8 Å². The Morgan fingerprint density at radius 3 is 3.05 bits per heavy atom. The third-order valence-electron chi connectivity index (χ3n) is 4.55. The van der Waals surface area contributed by atoms with Gasteiger partial charge in [0.05, 0.1) is 25.4 Å². The van der Waals surface area contributed by atoms with E-state index in [1.807, 2.05) is 11.8 Å². The van der Waals surface area contributed by atoms with Crippen molar-refractivity contribution < 1.29 is 14.2 Å². The maximum atomic E-state index is 6.14. The van der Waals surface area contributed by atoms with Crippen LogP contribution in [0.2, 0.25) is 0 Å². The van der Waals surface area contributed by atoms with Crippen molar-refractivity contribution in [3.05, 3.63) is 0 Å². The van der Waals surface area contributed by atoms with Gasteiger partial charge in [0.15, 0.2) is 0 Å². The molecule has 0 bridgehead atoms. The van der Waals surface area contributed by atoms with Crippen LogP contribution in [0.3, 0.4) is 0 Å². The van der Waals surface area contributed by atoms with Crippen LogP contribution in [0.5, 0.6) is 0 Å². The lowest BCUT2D eigenvalue weighted by Crippen LogP contribution is -2.49. The first-order chi connectivity index (χ1) is 10.3. The quantitative estimate of drug-likeness (QED) is 0.661. The Balaban J connectivity index is 1.85. The van der Waals surface area contributed by atoms with Gasteiger partial charge in [-0.2, -0.15) is 11.8 Å². The van der Waals surface area contributed by atoms with Gasteiger partial charge in [0.2, 0.25) is 0 Å². The third kappa shape index (κ3) is 5.39. The minimum absolute atomic E-state index is 0.159. The maximum Gasteiger partial charge on any atom is 0.0783 e. The summed E-state index contributed by atoms with van der Waals surface area (Å²) in [5, 5.41) is 3.69. The largest absolute Gasteiger partial charge is 0.382 e. The molecule has 2 aliphatic heterocycles. The highest BCUT2D eigenvalue weighted by Crippen LogP contribution is 2.41. The lowest BCUT2D eigenvalue weighted by Gasteiger charge is -2.41. The average Bonchev–Trinajstić information content (AvgIpc) is 2.94. The summed E-state index contributed by atoms with van der Waals surface area (Å²) in [6.07, 6.45) is 4.73. The second kappa shape index (κ2) is 9.36. The van der Waals surface area contributed by atoms with E-state index >= 15 is 0 Å². The van der Waals surface area contributed by atoms with Gasteiger partial charge < -0.3 is 19.5 Å². The van der Waals surface area contributed by atoms with Crippen molar-refractivity contribution in [2.24, 2.45) is 5.92 Å². The van der Waals surface area contributed by atoms with Gasteiger partial charge in [-0.15, -0.1) is 0 Å². The standard InChI is InChI=1S/C16H31NO3S/c1-3-6-17-15(12-19-9-8-18-2)14-4-7-20-16(11-14)5-10-21-13-16/h14-15,17H,3-13H2,1-2H3. The molecule has 2 fully saturated rings. The monoisotopic (exact) mass is 317 g/mol. The molecule has 0 amide bonds. The van der Waals surface area contributed by atoms with E-state index in [4.69, 9.17) is 14.2 Å². The van der Waals surface area contributed by atoms with E-state index in [0.29, 0.717) is 25.2 Å². The van der Waals surface area contributed by atoms with Crippen molar-refractivity contribution in [3.63, 3.8) is 0 Å². The SMILES string of the molecule is CCCNC(COCCOC)C1CCOC2(CCSC2)C1. The Bertz CT molecular complexity index is 285. The van der Waals surface area contributed by atoms with Gasteiger partial charge in [-0.25, -0.2) is 0 Å². The van der Waals surface area contributed by atoms with Gasteiger partial charge >= 0.3 is 0 Å². The van der Waals surface area contributed by atoms with Crippen LogP contribution in [0.15, 0.2) is 0 Å². The Kier molecular flexibility index (Phi) is 7.82. The van der Waals surface area contributed by atoms with E-state index < -0.39 is 0 Å². The molecule has 0 aromatic rings. The molecule has 21 heavy (non-hydrogen) atoms. The minimum atomic E-state index is 0.159. The fraction of sp³-hybridized carbons (Fsp3) is 1.00.